The molecule has 6 heteroatoms. The molecule has 0 radical (unpaired) electrons. The van der Waals surface area contributed by atoms with Crippen LogP contribution in [0.4, 0.5) is 5.82 Å². The largest absolute Gasteiger partial charge is 0.355 e. The minimum atomic E-state index is 0.634. The van der Waals surface area contributed by atoms with Crippen LogP contribution in [-0.2, 0) is 13.5 Å². The van der Waals surface area contributed by atoms with Gasteiger partial charge in [0.15, 0.2) is 5.82 Å². The van der Waals surface area contributed by atoms with E-state index in [1.54, 1.807) is 12.5 Å². The van der Waals surface area contributed by atoms with E-state index in [1.807, 2.05) is 12.4 Å². The number of halogens is 1. The van der Waals surface area contributed by atoms with Crippen LogP contribution in [0, 0.1) is 5.92 Å². The van der Waals surface area contributed by atoms with Crippen LogP contribution < -0.4 is 4.90 Å². The van der Waals surface area contributed by atoms with Crippen LogP contribution in [0.2, 0.25) is 5.02 Å². The highest BCUT2D eigenvalue weighted by molar-refractivity contribution is 6.32. The van der Waals surface area contributed by atoms with Crippen LogP contribution in [0.15, 0.2) is 24.9 Å². The lowest BCUT2D eigenvalue weighted by Crippen LogP contribution is -2.35. The molecule has 0 N–H and O–H groups in total. The summed E-state index contributed by atoms with van der Waals surface area (Å²) in [4.78, 5) is 14.9. The molecule has 0 aromatic carbocycles. The van der Waals surface area contributed by atoms with Gasteiger partial charge in [0.1, 0.15) is 17.2 Å². The lowest BCUT2D eigenvalue weighted by atomic mass is 9.93. The summed E-state index contributed by atoms with van der Waals surface area (Å²) in [7, 11) is 2.05. The number of imidazole rings is 1. The Morgan fingerprint density at radius 2 is 2.10 bits per heavy atom. The lowest BCUT2D eigenvalue weighted by Gasteiger charge is -2.32. The predicted octanol–water partition coefficient (Wildman–Crippen LogP) is 2.32. The van der Waals surface area contributed by atoms with Crippen molar-refractivity contribution in [2.24, 2.45) is 13.0 Å². The Kier molecular flexibility index (Phi) is 3.87. The van der Waals surface area contributed by atoms with Crippen LogP contribution in [0.5, 0.6) is 0 Å². The van der Waals surface area contributed by atoms with Gasteiger partial charge in [0, 0.05) is 39.0 Å². The third kappa shape index (κ3) is 2.77. The highest BCUT2D eigenvalue weighted by Gasteiger charge is 2.22. The topological polar surface area (TPSA) is 46.8 Å². The fraction of sp³-hybridized carbons (Fsp3) is 0.500. The van der Waals surface area contributed by atoms with Gasteiger partial charge in [-0.25, -0.2) is 15.0 Å². The zero-order chi connectivity index (χ0) is 13.9. The molecular weight excluding hydrogens is 274 g/mol. The molecule has 0 saturated carbocycles. The van der Waals surface area contributed by atoms with E-state index in [0.29, 0.717) is 10.9 Å². The van der Waals surface area contributed by atoms with E-state index < -0.39 is 0 Å². The van der Waals surface area contributed by atoms with Crippen molar-refractivity contribution in [3.63, 3.8) is 0 Å². The van der Waals surface area contributed by atoms with E-state index >= 15 is 0 Å². The molecule has 106 valence electrons. The number of aryl methyl sites for hydroxylation is 1. The molecule has 2 aromatic heterocycles. The lowest BCUT2D eigenvalue weighted by molar-refractivity contribution is 0.392. The van der Waals surface area contributed by atoms with Gasteiger partial charge in [-0.1, -0.05) is 11.6 Å². The average Bonchev–Trinajstić information content (AvgIpc) is 2.86. The van der Waals surface area contributed by atoms with Gasteiger partial charge in [0.2, 0.25) is 0 Å². The molecule has 0 bridgehead atoms. The number of aromatic nitrogens is 4. The molecule has 0 atom stereocenters. The van der Waals surface area contributed by atoms with Crippen LogP contribution in [0.25, 0.3) is 0 Å². The van der Waals surface area contributed by atoms with Gasteiger partial charge >= 0.3 is 0 Å². The fourth-order valence-corrected chi connectivity index (χ4v) is 2.96. The summed E-state index contributed by atoms with van der Waals surface area (Å²) < 4.78 is 2.10. The van der Waals surface area contributed by atoms with E-state index in [1.165, 1.54) is 5.82 Å². The second-order valence-corrected chi connectivity index (χ2v) is 5.69. The average molecular weight is 292 g/mol. The molecule has 1 saturated heterocycles. The van der Waals surface area contributed by atoms with Crippen LogP contribution in [-0.4, -0.2) is 32.6 Å². The highest BCUT2D eigenvalue weighted by atomic mass is 35.5. The maximum atomic E-state index is 6.15. The first-order valence-electron chi connectivity index (χ1n) is 6.90. The summed E-state index contributed by atoms with van der Waals surface area (Å²) in [5.41, 5.74) is 0. The Hall–Kier alpha value is -1.62. The monoisotopic (exact) mass is 291 g/mol. The van der Waals surface area contributed by atoms with Gasteiger partial charge in [-0.2, -0.15) is 0 Å². The smallest absolute Gasteiger partial charge is 0.150 e. The fourth-order valence-electron chi connectivity index (χ4n) is 2.74. The van der Waals surface area contributed by atoms with Gasteiger partial charge < -0.3 is 9.47 Å². The van der Waals surface area contributed by atoms with Crippen molar-refractivity contribution in [1.82, 2.24) is 19.5 Å². The molecule has 1 aliphatic rings. The summed E-state index contributed by atoms with van der Waals surface area (Å²) in [6.07, 6.45) is 10.4. The molecule has 5 nitrogen and oxygen atoms in total. The van der Waals surface area contributed by atoms with E-state index in [2.05, 4.69) is 31.5 Å². The van der Waals surface area contributed by atoms with Crippen LogP contribution in [0.3, 0.4) is 0 Å². The van der Waals surface area contributed by atoms with Crippen molar-refractivity contribution in [1.29, 1.82) is 0 Å². The Morgan fingerprint density at radius 3 is 2.75 bits per heavy atom. The molecule has 1 aliphatic heterocycles. The summed E-state index contributed by atoms with van der Waals surface area (Å²) >= 11 is 6.15. The summed E-state index contributed by atoms with van der Waals surface area (Å²) in [5, 5.41) is 0.634. The molecule has 20 heavy (non-hydrogen) atoms. The van der Waals surface area contributed by atoms with E-state index in [4.69, 9.17) is 11.6 Å². The first kappa shape index (κ1) is 13.4. The number of hydrogen-bond acceptors (Lipinski definition) is 4. The summed E-state index contributed by atoms with van der Waals surface area (Å²) in [6, 6.07) is 0. The van der Waals surface area contributed by atoms with Crippen molar-refractivity contribution < 1.29 is 0 Å². The van der Waals surface area contributed by atoms with Gasteiger partial charge in [-0.05, 0) is 18.8 Å². The Labute approximate surface area is 123 Å². The van der Waals surface area contributed by atoms with Crippen molar-refractivity contribution in [3.8, 4) is 0 Å². The second kappa shape index (κ2) is 5.79. The standard InChI is InChI=1S/C14H18ClN5/c1-19-7-4-17-13(19)8-11-2-5-20(6-3-11)14-12(15)9-16-10-18-14/h4,7,9-11H,2-3,5-6,8H2,1H3. The number of hydrogen-bond donors (Lipinski definition) is 0. The Bertz CT molecular complexity index is 574. The molecule has 3 rings (SSSR count). The zero-order valence-corrected chi connectivity index (χ0v) is 12.3. The number of rotatable bonds is 3. The normalized spacial score (nSPS) is 16.6. The van der Waals surface area contributed by atoms with Crippen LogP contribution >= 0.6 is 11.6 Å². The molecule has 3 heterocycles. The molecular formula is C14H18ClN5. The van der Waals surface area contributed by atoms with Crippen molar-refractivity contribution >= 4 is 17.4 Å². The van der Waals surface area contributed by atoms with Gasteiger partial charge in [-0.15, -0.1) is 0 Å². The number of anilines is 1. The van der Waals surface area contributed by atoms with Crippen molar-refractivity contribution in [2.45, 2.75) is 19.3 Å². The van der Waals surface area contributed by atoms with Crippen molar-refractivity contribution in [2.75, 3.05) is 18.0 Å². The first-order valence-corrected chi connectivity index (χ1v) is 7.28. The zero-order valence-electron chi connectivity index (χ0n) is 11.5. The quantitative estimate of drug-likeness (QED) is 0.871. The summed E-state index contributed by atoms with van der Waals surface area (Å²) in [6.45, 7) is 1.98. The van der Waals surface area contributed by atoms with Gasteiger partial charge in [0.25, 0.3) is 0 Å². The Balaban J connectivity index is 1.60. The maximum Gasteiger partial charge on any atom is 0.150 e. The van der Waals surface area contributed by atoms with Gasteiger partial charge in [-0.3, -0.25) is 0 Å². The molecule has 2 aromatic rings. The molecule has 0 amide bonds. The SMILES string of the molecule is Cn1ccnc1CC1CCN(c2ncncc2Cl)CC1. The molecule has 1 fully saturated rings. The van der Waals surface area contributed by atoms with E-state index in [9.17, 15) is 0 Å². The number of piperidine rings is 1. The summed E-state index contributed by atoms with van der Waals surface area (Å²) in [5.74, 6) is 2.72. The molecule has 0 spiro atoms. The van der Waals surface area contributed by atoms with Gasteiger partial charge in [0.05, 0.1) is 6.20 Å². The second-order valence-electron chi connectivity index (χ2n) is 5.28. The predicted molar refractivity (Wildman–Crippen MR) is 78.9 cm³/mol. The van der Waals surface area contributed by atoms with E-state index in [0.717, 1.165) is 38.2 Å². The van der Waals surface area contributed by atoms with E-state index in [-0.39, 0.29) is 0 Å². The third-order valence-corrected chi connectivity index (χ3v) is 4.22. The molecule has 0 unspecified atom stereocenters. The highest BCUT2D eigenvalue weighted by Crippen LogP contribution is 2.27. The first-order chi connectivity index (χ1) is 9.74. The third-order valence-electron chi connectivity index (χ3n) is 3.95. The van der Waals surface area contributed by atoms with Crippen LogP contribution in [0.1, 0.15) is 18.7 Å². The number of nitrogens with zero attached hydrogens (tertiary/aromatic N) is 5. The maximum absolute atomic E-state index is 6.15. The molecule has 0 aliphatic carbocycles. The van der Waals surface area contributed by atoms with Crippen molar-refractivity contribution in [3.05, 3.63) is 35.8 Å². The Morgan fingerprint density at radius 1 is 1.30 bits per heavy atom. The minimum absolute atomic E-state index is 0.634. The minimum Gasteiger partial charge on any atom is -0.355 e.